The molecule has 0 radical (unpaired) electrons. The Balaban J connectivity index is 1.57. The quantitative estimate of drug-likeness (QED) is 0.380. The Kier molecular flexibility index (Phi) is 6.07. The van der Waals surface area contributed by atoms with Gasteiger partial charge < -0.3 is 15.7 Å². The number of hydrogen-bond acceptors (Lipinski definition) is 5. The van der Waals surface area contributed by atoms with Gasteiger partial charge in [0.05, 0.1) is 6.04 Å². The van der Waals surface area contributed by atoms with E-state index < -0.39 is 23.8 Å². The molecular formula is C22H15Cl2FN4O3. The molecule has 4 rings (SSSR count). The fourth-order valence-electron chi connectivity index (χ4n) is 3.26. The van der Waals surface area contributed by atoms with Crippen LogP contribution in [0.15, 0.2) is 66.2 Å². The third-order valence-corrected chi connectivity index (χ3v) is 5.40. The highest BCUT2D eigenvalue weighted by Gasteiger charge is 2.32. The van der Waals surface area contributed by atoms with Gasteiger partial charge in [-0.25, -0.2) is 9.97 Å². The van der Waals surface area contributed by atoms with Crippen LogP contribution in [-0.2, 0) is 9.59 Å². The number of aliphatic hydroxyl groups is 1. The third-order valence-electron chi connectivity index (χ3n) is 4.85. The summed E-state index contributed by atoms with van der Waals surface area (Å²) in [5, 5.41) is 16.4. The maximum Gasteiger partial charge on any atom is 0.264 e. The molecule has 1 unspecified atom stereocenters. The highest BCUT2D eigenvalue weighted by molar-refractivity contribution is 6.32. The molecule has 32 heavy (non-hydrogen) atoms. The Hall–Kier alpha value is -3.49. The van der Waals surface area contributed by atoms with Crippen LogP contribution in [0.1, 0.15) is 18.0 Å². The van der Waals surface area contributed by atoms with Crippen molar-refractivity contribution in [2.45, 2.75) is 12.5 Å². The van der Waals surface area contributed by atoms with Gasteiger partial charge in [0, 0.05) is 40.7 Å². The lowest BCUT2D eigenvalue weighted by Gasteiger charge is -2.25. The van der Waals surface area contributed by atoms with Crippen molar-refractivity contribution in [2.75, 3.05) is 5.32 Å². The summed E-state index contributed by atoms with van der Waals surface area (Å²) in [5.74, 6) is -2.46. The second-order valence-electron chi connectivity index (χ2n) is 6.99. The van der Waals surface area contributed by atoms with Crippen LogP contribution in [0, 0.1) is 5.95 Å². The number of amides is 2. The van der Waals surface area contributed by atoms with E-state index in [9.17, 15) is 19.1 Å². The van der Waals surface area contributed by atoms with E-state index in [1.165, 1.54) is 24.5 Å². The normalized spacial score (nSPS) is 16.0. The molecule has 0 saturated heterocycles. The predicted octanol–water partition coefficient (Wildman–Crippen LogP) is 4.60. The lowest BCUT2D eigenvalue weighted by Crippen LogP contribution is -2.39. The molecule has 0 bridgehead atoms. The van der Waals surface area contributed by atoms with Crippen molar-refractivity contribution in [2.24, 2.45) is 0 Å². The largest absolute Gasteiger partial charge is 0.511 e. The first kappa shape index (κ1) is 21.7. The number of rotatable bonds is 4. The van der Waals surface area contributed by atoms with E-state index in [0.29, 0.717) is 27.4 Å². The van der Waals surface area contributed by atoms with E-state index in [-0.39, 0.29) is 22.9 Å². The van der Waals surface area contributed by atoms with Gasteiger partial charge in [-0.2, -0.15) is 4.39 Å². The number of carbonyl (C=O) groups excluding carboxylic acids is 2. The molecule has 3 heterocycles. The first-order valence-corrected chi connectivity index (χ1v) is 10.1. The summed E-state index contributed by atoms with van der Waals surface area (Å²) in [7, 11) is 0. The number of nitrogens with one attached hydrogen (secondary N) is 2. The zero-order chi connectivity index (χ0) is 22.8. The third kappa shape index (κ3) is 4.56. The second kappa shape index (κ2) is 8.94. The summed E-state index contributed by atoms with van der Waals surface area (Å²) in [5.41, 5.74) is 1.62. The van der Waals surface area contributed by atoms with Crippen LogP contribution in [0.5, 0.6) is 0 Å². The Labute approximate surface area is 191 Å². The fourth-order valence-corrected chi connectivity index (χ4v) is 3.60. The average molecular weight is 473 g/mol. The molecule has 162 valence electrons. The molecule has 3 aromatic rings. The molecule has 0 spiro atoms. The van der Waals surface area contributed by atoms with Crippen molar-refractivity contribution < 1.29 is 19.1 Å². The molecule has 10 heteroatoms. The maximum atomic E-state index is 13.1. The first-order valence-electron chi connectivity index (χ1n) is 9.39. The molecule has 0 aliphatic carbocycles. The van der Waals surface area contributed by atoms with Crippen molar-refractivity contribution in [3.63, 3.8) is 0 Å². The van der Waals surface area contributed by atoms with Gasteiger partial charge in [-0.3, -0.25) is 9.59 Å². The number of nitrogens with zero attached hydrogens (tertiary/aromatic N) is 2. The van der Waals surface area contributed by atoms with Crippen LogP contribution < -0.4 is 10.6 Å². The second-order valence-corrected chi connectivity index (χ2v) is 7.78. The van der Waals surface area contributed by atoms with Gasteiger partial charge in [0.2, 0.25) is 5.95 Å². The molecule has 1 aliphatic heterocycles. The number of aliphatic hydroxyl groups excluding tert-OH is 1. The van der Waals surface area contributed by atoms with Gasteiger partial charge in [-0.15, -0.1) is 0 Å². The van der Waals surface area contributed by atoms with Crippen molar-refractivity contribution in [1.29, 1.82) is 0 Å². The monoisotopic (exact) mass is 472 g/mol. The Morgan fingerprint density at radius 2 is 1.88 bits per heavy atom. The maximum absolute atomic E-state index is 13.1. The summed E-state index contributed by atoms with van der Waals surface area (Å²) in [6, 6.07) is 10.0. The highest BCUT2D eigenvalue weighted by Crippen LogP contribution is 2.32. The number of aromatic nitrogens is 2. The van der Waals surface area contributed by atoms with Crippen molar-refractivity contribution in [1.82, 2.24) is 15.3 Å². The van der Waals surface area contributed by atoms with Gasteiger partial charge >= 0.3 is 0 Å². The number of anilines is 1. The van der Waals surface area contributed by atoms with Gasteiger partial charge in [0.1, 0.15) is 16.5 Å². The SMILES string of the molecule is O=C(Nc1ccc(Cl)cc1)C1=C(O)CC(c2cnc(Cl)c(-c3ccc(F)nc3)c2)NC1=O. The minimum absolute atomic E-state index is 0.0282. The van der Waals surface area contributed by atoms with Crippen LogP contribution in [0.25, 0.3) is 11.1 Å². The van der Waals surface area contributed by atoms with E-state index in [1.807, 2.05) is 0 Å². The smallest absolute Gasteiger partial charge is 0.264 e. The molecule has 1 aliphatic rings. The molecular weight excluding hydrogens is 458 g/mol. The number of benzene rings is 1. The summed E-state index contributed by atoms with van der Waals surface area (Å²) >= 11 is 12.0. The number of halogens is 3. The Morgan fingerprint density at radius 3 is 2.53 bits per heavy atom. The summed E-state index contributed by atoms with van der Waals surface area (Å²) in [6.07, 6.45) is 2.75. The van der Waals surface area contributed by atoms with Crippen molar-refractivity contribution in [3.8, 4) is 11.1 Å². The number of hydrogen-bond donors (Lipinski definition) is 3. The van der Waals surface area contributed by atoms with Crippen molar-refractivity contribution in [3.05, 3.63) is 87.9 Å². The molecule has 3 N–H and O–H groups in total. The minimum atomic E-state index is -0.743. The molecule has 1 atom stereocenters. The van der Waals surface area contributed by atoms with Crippen LogP contribution in [0.4, 0.5) is 10.1 Å². The van der Waals surface area contributed by atoms with Gasteiger partial charge in [0.15, 0.2) is 0 Å². The zero-order valence-electron chi connectivity index (χ0n) is 16.3. The molecule has 2 aromatic heterocycles. The van der Waals surface area contributed by atoms with Crippen LogP contribution >= 0.6 is 23.2 Å². The molecule has 1 aromatic carbocycles. The molecule has 0 saturated carbocycles. The van der Waals surface area contributed by atoms with E-state index in [2.05, 4.69) is 20.6 Å². The molecule has 2 amide bonds. The van der Waals surface area contributed by atoms with Gasteiger partial charge in [-0.1, -0.05) is 23.2 Å². The lowest BCUT2D eigenvalue weighted by atomic mass is 9.95. The Morgan fingerprint density at radius 1 is 1.12 bits per heavy atom. The fraction of sp³-hybridized carbons (Fsp3) is 0.0909. The summed E-state index contributed by atoms with van der Waals surface area (Å²) in [6.45, 7) is 0. The first-order chi connectivity index (χ1) is 15.3. The van der Waals surface area contributed by atoms with Gasteiger partial charge in [-0.05, 0) is 48.0 Å². The summed E-state index contributed by atoms with van der Waals surface area (Å²) < 4.78 is 13.1. The average Bonchev–Trinajstić information content (AvgIpc) is 2.76. The number of carbonyl (C=O) groups is 2. The van der Waals surface area contributed by atoms with Crippen LogP contribution in [0.2, 0.25) is 10.2 Å². The molecule has 0 fully saturated rings. The molecule has 7 nitrogen and oxygen atoms in total. The van der Waals surface area contributed by atoms with Gasteiger partial charge in [0.25, 0.3) is 11.8 Å². The number of pyridine rings is 2. The zero-order valence-corrected chi connectivity index (χ0v) is 17.8. The lowest BCUT2D eigenvalue weighted by molar-refractivity contribution is -0.123. The minimum Gasteiger partial charge on any atom is -0.511 e. The topological polar surface area (TPSA) is 104 Å². The highest BCUT2D eigenvalue weighted by atomic mass is 35.5. The van der Waals surface area contributed by atoms with Crippen molar-refractivity contribution >= 4 is 40.7 Å². The standard InChI is InChI=1S/C22H15Cl2FN4O3/c23-13-2-4-14(5-3-13)28-21(31)19-17(30)8-16(29-22(19)32)12-7-15(20(24)27-10-12)11-1-6-18(25)26-9-11/h1-7,9-10,16,30H,8H2,(H,28,31)(H,29,32). The van der Waals surface area contributed by atoms with E-state index in [0.717, 1.165) is 0 Å². The Bertz CT molecular complexity index is 1230. The van der Waals surface area contributed by atoms with E-state index in [1.54, 1.807) is 30.3 Å². The van der Waals surface area contributed by atoms with E-state index >= 15 is 0 Å². The predicted molar refractivity (Wildman–Crippen MR) is 118 cm³/mol. The summed E-state index contributed by atoms with van der Waals surface area (Å²) in [4.78, 5) is 32.9. The van der Waals surface area contributed by atoms with E-state index in [4.69, 9.17) is 23.2 Å². The van der Waals surface area contributed by atoms with Crippen LogP contribution in [-0.4, -0.2) is 26.9 Å². The van der Waals surface area contributed by atoms with Crippen LogP contribution in [0.3, 0.4) is 0 Å².